The maximum absolute atomic E-state index is 13.5. The largest absolute Gasteiger partial charge is 0.395 e. The quantitative estimate of drug-likeness (QED) is 0.0352. The molecule has 0 saturated heterocycles. The summed E-state index contributed by atoms with van der Waals surface area (Å²) in [6.07, 6.45) is 43.1. The van der Waals surface area contributed by atoms with E-state index < -0.39 is 12.1 Å². The Balaban J connectivity index is 4.70. The third-order valence-electron chi connectivity index (χ3n) is 12.1. The number of aliphatic hydroxyl groups is 2. The average Bonchev–Trinajstić information content (AvgIpc) is 3.28. The molecule has 0 bridgehead atoms. The Morgan fingerprint density at radius 3 is 1.09 bits per heavy atom. The number of rotatable bonds is 44. The minimum absolute atomic E-state index is 0.100. The maximum atomic E-state index is 13.5. The van der Waals surface area contributed by atoms with Crippen LogP contribution in [0.25, 0.3) is 0 Å². The molecule has 0 aliphatic carbocycles. The molecule has 11 nitrogen and oxygen atoms in total. The van der Waals surface area contributed by atoms with Gasteiger partial charge in [-0.15, -0.1) is 0 Å². The van der Waals surface area contributed by atoms with E-state index in [1.807, 2.05) is 39.6 Å². The van der Waals surface area contributed by atoms with E-state index in [4.69, 9.17) is 0 Å². The van der Waals surface area contributed by atoms with Crippen molar-refractivity contribution >= 4 is 23.6 Å². The predicted molar refractivity (Wildman–Crippen MR) is 277 cm³/mol. The summed E-state index contributed by atoms with van der Waals surface area (Å²) in [5.74, 6) is -0.939. The minimum atomic E-state index is -0.681. The molecule has 0 aliphatic rings. The summed E-state index contributed by atoms with van der Waals surface area (Å²) in [5.41, 5.74) is 0. The second-order valence-corrected chi connectivity index (χ2v) is 18.8. The van der Waals surface area contributed by atoms with E-state index in [1.54, 1.807) is 9.80 Å². The van der Waals surface area contributed by atoms with Gasteiger partial charge in [0.1, 0.15) is 12.1 Å². The van der Waals surface area contributed by atoms with E-state index in [0.29, 0.717) is 39.0 Å². The number of nitrogens with one attached hydrogen (secondary N) is 2. The first-order valence-electron chi connectivity index (χ1n) is 26.6. The average molecular weight is 928 g/mol. The Kier molecular flexibility index (Phi) is 42.0. The lowest BCUT2D eigenvalue weighted by atomic mass is 10.00. The molecule has 0 aromatic rings. The van der Waals surface area contributed by atoms with Crippen LogP contribution in [0.5, 0.6) is 0 Å². The molecule has 2 unspecified atom stereocenters. The first-order chi connectivity index (χ1) is 32.0. The van der Waals surface area contributed by atoms with Gasteiger partial charge in [0.25, 0.3) is 0 Å². The summed E-state index contributed by atoms with van der Waals surface area (Å²) < 4.78 is 0. The van der Waals surface area contributed by atoms with Crippen LogP contribution < -0.4 is 10.6 Å². The van der Waals surface area contributed by atoms with Gasteiger partial charge in [0.15, 0.2) is 0 Å². The van der Waals surface area contributed by atoms with Crippen molar-refractivity contribution in [2.45, 2.75) is 208 Å². The minimum Gasteiger partial charge on any atom is -0.395 e. The van der Waals surface area contributed by atoms with E-state index in [9.17, 15) is 29.4 Å². The molecule has 4 N–H and O–H groups in total. The monoisotopic (exact) mass is 928 g/mol. The van der Waals surface area contributed by atoms with E-state index in [0.717, 1.165) is 89.9 Å². The molecule has 0 saturated carbocycles. The molecule has 0 rings (SSSR count). The van der Waals surface area contributed by atoms with Crippen molar-refractivity contribution in [1.82, 2.24) is 25.3 Å². The smallest absolute Gasteiger partial charge is 0.243 e. The van der Waals surface area contributed by atoms with Gasteiger partial charge >= 0.3 is 0 Å². The first-order valence-corrected chi connectivity index (χ1v) is 26.6. The molecule has 382 valence electrons. The second-order valence-electron chi connectivity index (χ2n) is 18.8. The number of carbonyl (C=O) groups excluding carboxylic acids is 4. The zero-order valence-corrected chi connectivity index (χ0v) is 43.4. The van der Waals surface area contributed by atoms with E-state index in [-0.39, 0.29) is 61.8 Å². The SMILES string of the molecule is CCCCC/C=C\C/C=C\CCCCCCCC(=O)N(CCO)C(C(=O)NCCN(C)CCNC(=O)C(C(C)C)N(CCO)C(=O)CCCCCCC/C=C\C/C=C\CCCCC)C(C)C. The zero-order chi connectivity index (χ0) is 49.0. The fourth-order valence-electron chi connectivity index (χ4n) is 8.19. The number of hydrogen-bond acceptors (Lipinski definition) is 7. The number of aliphatic hydroxyl groups excluding tert-OH is 2. The predicted octanol–water partition coefficient (Wildman–Crippen LogP) is 10.5. The van der Waals surface area contributed by atoms with Crippen molar-refractivity contribution in [2.24, 2.45) is 11.8 Å². The normalized spacial score (nSPS) is 13.0. The molecular weight excluding hydrogens is 827 g/mol. The highest BCUT2D eigenvalue weighted by molar-refractivity contribution is 5.88. The summed E-state index contributed by atoms with van der Waals surface area (Å²) >= 11 is 0. The molecule has 2 atom stereocenters. The number of likely N-dealkylation sites (N-methyl/N-ethyl adjacent to an activating group) is 1. The van der Waals surface area contributed by atoms with Gasteiger partial charge in [0.2, 0.25) is 23.6 Å². The third-order valence-corrected chi connectivity index (χ3v) is 12.1. The molecule has 0 aromatic carbocycles. The van der Waals surface area contributed by atoms with Gasteiger partial charge < -0.3 is 35.5 Å². The molecule has 0 aromatic heterocycles. The Bertz CT molecular complexity index is 1230. The highest BCUT2D eigenvalue weighted by Gasteiger charge is 2.33. The highest BCUT2D eigenvalue weighted by atomic mass is 16.3. The lowest BCUT2D eigenvalue weighted by Crippen LogP contribution is -2.54. The van der Waals surface area contributed by atoms with Crippen LogP contribution in [0.1, 0.15) is 196 Å². The molecule has 11 heteroatoms. The van der Waals surface area contributed by atoms with Crippen LogP contribution >= 0.6 is 0 Å². The van der Waals surface area contributed by atoms with Gasteiger partial charge in [0.05, 0.1) is 13.2 Å². The van der Waals surface area contributed by atoms with Crippen LogP contribution in [0, 0.1) is 11.8 Å². The molecule has 4 amide bonds. The summed E-state index contributed by atoms with van der Waals surface area (Å²) in [4.78, 5) is 58.8. The molecule has 66 heavy (non-hydrogen) atoms. The molecular formula is C55H101N5O6. The Hall–Kier alpha value is -3.28. The van der Waals surface area contributed by atoms with Crippen LogP contribution in [-0.4, -0.2) is 120 Å². The lowest BCUT2D eigenvalue weighted by Gasteiger charge is -2.33. The van der Waals surface area contributed by atoms with Crippen molar-refractivity contribution < 1.29 is 29.4 Å². The summed E-state index contributed by atoms with van der Waals surface area (Å²) in [6, 6.07) is -1.36. The van der Waals surface area contributed by atoms with Crippen molar-refractivity contribution in [3.05, 3.63) is 48.6 Å². The third kappa shape index (κ3) is 33.2. The molecule has 0 heterocycles. The number of nitrogens with zero attached hydrogens (tertiary/aromatic N) is 3. The zero-order valence-electron chi connectivity index (χ0n) is 43.4. The Labute approximate surface area is 404 Å². The standard InChI is InChI=1S/C55H101N5O6/c1-8-10-12-14-16-18-20-22-24-26-28-30-32-34-36-38-50(63)59(44-46-61)52(48(3)4)54(65)56-40-42-58(7)43-41-57-55(66)53(49(5)6)60(45-47-62)51(64)39-37-35-33-31-29-27-25-23-21-19-17-15-13-11-9-2/h16-19,22-25,48-49,52-53,61-62H,8-15,20-21,26-47H2,1-7H3,(H,56,65)(H,57,66)/b18-16-,19-17-,24-22-,25-23-. The summed E-state index contributed by atoms with van der Waals surface area (Å²) in [6.45, 7) is 13.7. The van der Waals surface area contributed by atoms with Gasteiger partial charge in [-0.2, -0.15) is 0 Å². The van der Waals surface area contributed by atoms with Crippen molar-refractivity contribution in [3.63, 3.8) is 0 Å². The highest BCUT2D eigenvalue weighted by Crippen LogP contribution is 2.18. The van der Waals surface area contributed by atoms with Gasteiger partial charge in [-0.05, 0) is 95.9 Å². The van der Waals surface area contributed by atoms with Crippen molar-refractivity contribution in [1.29, 1.82) is 0 Å². The summed E-state index contributed by atoms with van der Waals surface area (Å²) in [7, 11) is 1.92. The van der Waals surface area contributed by atoms with Crippen LogP contribution in [0.2, 0.25) is 0 Å². The number of hydrogen-bond donors (Lipinski definition) is 4. The Morgan fingerprint density at radius 1 is 0.455 bits per heavy atom. The van der Waals surface area contributed by atoms with Crippen molar-refractivity contribution in [3.8, 4) is 0 Å². The van der Waals surface area contributed by atoms with Crippen LogP contribution in [0.4, 0.5) is 0 Å². The van der Waals surface area contributed by atoms with Crippen LogP contribution in [0.3, 0.4) is 0 Å². The number of unbranched alkanes of at least 4 members (excludes halogenated alkanes) is 16. The topological polar surface area (TPSA) is 143 Å². The van der Waals surface area contributed by atoms with E-state index in [2.05, 4.69) is 73.1 Å². The summed E-state index contributed by atoms with van der Waals surface area (Å²) in [5, 5.41) is 25.7. The van der Waals surface area contributed by atoms with E-state index >= 15 is 0 Å². The van der Waals surface area contributed by atoms with Gasteiger partial charge in [-0.1, -0.05) is 154 Å². The number of amides is 4. The Morgan fingerprint density at radius 2 is 0.773 bits per heavy atom. The second kappa shape index (κ2) is 44.2. The molecule has 0 aliphatic heterocycles. The number of carbonyl (C=O) groups is 4. The molecule has 0 radical (unpaired) electrons. The van der Waals surface area contributed by atoms with Crippen LogP contribution in [0.15, 0.2) is 48.6 Å². The molecule has 0 spiro atoms. The maximum Gasteiger partial charge on any atom is 0.243 e. The number of allylic oxidation sites excluding steroid dienone is 8. The first kappa shape index (κ1) is 62.7. The fourth-order valence-corrected chi connectivity index (χ4v) is 8.19. The van der Waals surface area contributed by atoms with Gasteiger partial charge in [-0.25, -0.2) is 0 Å². The van der Waals surface area contributed by atoms with Gasteiger partial charge in [0, 0.05) is 52.1 Å². The van der Waals surface area contributed by atoms with E-state index in [1.165, 1.54) is 51.4 Å². The van der Waals surface area contributed by atoms with Gasteiger partial charge in [-0.3, -0.25) is 19.2 Å². The molecule has 0 fully saturated rings. The fraction of sp³-hybridized carbons (Fsp3) is 0.782. The van der Waals surface area contributed by atoms with Crippen molar-refractivity contribution in [2.75, 3.05) is 59.5 Å². The van der Waals surface area contributed by atoms with Crippen LogP contribution in [-0.2, 0) is 19.2 Å². The lowest BCUT2D eigenvalue weighted by molar-refractivity contribution is -0.143.